The molecule has 0 fully saturated rings. The van der Waals surface area contributed by atoms with Crippen LogP contribution in [-0.4, -0.2) is 47.4 Å². The molecule has 9 nitrogen and oxygen atoms in total. The summed E-state index contributed by atoms with van der Waals surface area (Å²) in [4.78, 5) is 17.1. The first-order valence-electron chi connectivity index (χ1n) is 9.75. The van der Waals surface area contributed by atoms with Crippen LogP contribution in [0.4, 0.5) is 0 Å². The van der Waals surface area contributed by atoms with Crippen molar-refractivity contribution in [3.05, 3.63) is 41.0 Å². The number of sulfonamides is 1. The van der Waals surface area contributed by atoms with Crippen molar-refractivity contribution < 1.29 is 17.7 Å². The van der Waals surface area contributed by atoms with E-state index in [1.54, 1.807) is 18.2 Å². The molecule has 0 aliphatic carbocycles. The van der Waals surface area contributed by atoms with Gasteiger partial charge in [0.05, 0.1) is 21.6 Å². The normalized spacial score (nSPS) is 12.1. The number of aromatic nitrogens is 3. The van der Waals surface area contributed by atoms with Crippen molar-refractivity contribution in [2.24, 2.45) is 0 Å². The molecule has 2 heterocycles. The Kier molecular flexibility index (Phi) is 6.27. The molecular formula is C20H27N5O4S. The molecule has 1 N–H and O–H groups in total. The van der Waals surface area contributed by atoms with E-state index in [1.165, 1.54) is 18.4 Å². The molecule has 0 saturated heterocycles. The highest BCUT2D eigenvalue weighted by atomic mass is 32.2. The lowest BCUT2D eigenvalue weighted by Gasteiger charge is -2.11. The Balaban J connectivity index is 1.74. The van der Waals surface area contributed by atoms with E-state index in [1.807, 2.05) is 25.3 Å². The number of nitrogens with one attached hydrogen (secondary N) is 1. The molecule has 162 valence electrons. The van der Waals surface area contributed by atoms with Crippen LogP contribution in [0.1, 0.15) is 36.2 Å². The van der Waals surface area contributed by atoms with Gasteiger partial charge in [0.2, 0.25) is 15.9 Å². The minimum absolute atomic E-state index is 0.0967. The monoisotopic (exact) mass is 433 g/mol. The topological polar surface area (TPSA) is 110 Å². The van der Waals surface area contributed by atoms with E-state index >= 15 is 0 Å². The predicted octanol–water partition coefficient (Wildman–Crippen LogP) is 2.16. The van der Waals surface area contributed by atoms with Crippen molar-refractivity contribution in [1.29, 1.82) is 0 Å². The maximum absolute atomic E-state index is 12.4. The third kappa shape index (κ3) is 4.24. The SMILES string of the molecule is CCn1c(CCC(=O)NCc2c(C)noc2C)nc2cc(S(=O)(=O)N(C)C)ccc21. The lowest BCUT2D eigenvalue weighted by atomic mass is 10.2. The smallest absolute Gasteiger partial charge is 0.242 e. The lowest BCUT2D eigenvalue weighted by Crippen LogP contribution is -2.24. The molecule has 0 aliphatic heterocycles. The van der Waals surface area contributed by atoms with Crippen molar-refractivity contribution in [1.82, 2.24) is 24.3 Å². The van der Waals surface area contributed by atoms with Crippen molar-refractivity contribution >= 4 is 27.0 Å². The first-order chi connectivity index (χ1) is 14.1. The number of fused-ring (bicyclic) bond motifs is 1. The van der Waals surface area contributed by atoms with E-state index in [4.69, 9.17) is 4.52 Å². The molecule has 0 spiro atoms. The molecule has 30 heavy (non-hydrogen) atoms. The molecular weight excluding hydrogens is 406 g/mol. The van der Waals surface area contributed by atoms with Crippen LogP contribution in [0, 0.1) is 13.8 Å². The summed E-state index contributed by atoms with van der Waals surface area (Å²) in [5, 5.41) is 6.77. The van der Waals surface area contributed by atoms with Gasteiger partial charge in [0.25, 0.3) is 0 Å². The van der Waals surface area contributed by atoms with Gasteiger partial charge in [-0.25, -0.2) is 17.7 Å². The zero-order valence-electron chi connectivity index (χ0n) is 17.9. The Morgan fingerprint density at radius 2 is 2.00 bits per heavy atom. The van der Waals surface area contributed by atoms with Gasteiger partial charge < -0.3 is 14.4 Å². The van der Waals surface area contributed by atoms with E-state index in [9.17, 15) is 13.2 Å². The molecule has 0 unspecified atom stereocenters. The van der Waals surface area contributed by atoms with E-state index in [-0.39, 0.29) is 17.2 Å². The number of rotatable bonds is 8. The van der Waals surface area contributed by atoms with Gasteiger partial charge in [-0.05, 0) is 39.0 Å². The molecule has 1 amide bonds. The Labute approximate surface area is 176 Å². The first-order valence-corrected chi connectivity index (χ1v) is 11.2. The van der Waals surface area contributed by atoms with Gasteiger partial charge in [0.1, 0.15) is 11.6 Å². The maximum atomic E-state index is 12.4. The van der Waals surface area contributed by atoms with E-state index < -0.39 is 10.0 Å². The number of carbonyl (C=O) groups is 1. The fourth-order valence-electron chi connectivity index (χ4n) is 3.33. The van der Waals surface area contributed by atoms with E-state index in [2.05, 4.69) is 15.5 Å². The minimum Gasteiger partial charge on any atom is -0.361 e. The van der Waals surface area contributed by atoms with Gasteiger partial charge in [-0.3, -0.25) is 4.79 Å². The fourth-order valence-corrected chi connectivity index (χ4v) is 4.25. The van der Waals surface area contributed by atoms with Crippen molar-refractivity contribution in [3.63, 3.8) is 0 Å². The fraction of sp³-hybridized carbons (Fsp3) is 0.450. The highest BCUT2D eigenvalue weighted by Gasteiger charge is 2.20. The van der Waals surface area contributed by atoms with Crippen LogP contribution in [0.5, 0.6) is 0 Å². The molecule has 2 aromatic heterocycles. The number of carbonyl (C=O) groups excluding carboxylic acids is 1. The Hall–Kier alpha value is -2.72. The van der Waals surface area contributed by atoms with Gasteiger partial charge in [-0.1, -0.05) is 5.16 Å². The van der Waals surface area contributed by atoms with Crippen LogP contribution in [-0.2, 0) is 34.3 Å². The second kappa shape index (κ2) is 8.57. The predicted molar refractivity (Wildman–Crippen MR) is 112 cm³/mol. The number of nitrogens with zero attached hydrogens (tertiary/aromatic N) is 4. The maximum Gasteiger partial charge on any atom is 0.242 e. The largest absolute Gasteiger partial charge is 0.361 e. The van der Waals surface area contributed by atoms with Crippen LogP contribution >= 0.6 is 0 Å². The van der Waals surface area contributed by atoms with Gasteiger partial charge in [0.15, 0.2) is 0 Å². The average molecular weight is 434 g/mol. The number of amides is 1. The summed E-state index contributed by atoms with van der Waals surface area (Å²) < 4.78 is 33.1. The quantitative estimate of drug-likeness (QED) is 0.583. The van der Waals surface area contributed by atoms with Crippen LogP contribution in [0.15, 0.2) is 27.6 Å². The molecule has 0 atom stereocenters. The number of benzene rings is 1. The molecule has 0 saturated carbocycles. The molecule has 1 aromatic carbocycles. The van der Waals surface area contributed by atoms with Crippen LogP contribution in [0.25, 0.3) is 11.0 Å². The van der Waals surface area contributed by atoms with Crippen molar-refractivity contribution in [2.45, 2.75) is 51.6 Å². The summed E-state index contributed by atoms with van der Waals surface area (Å²) >= 11 is 0. The lowest BCUT2D eigenvalue weighted by molar-refractivity contribution is -0.121. The molecule has 0 bridgehead atoms. The van der Waals surface area contributed by atoms with E-state index in [0.717, 1.165) is 22.6 Å². The Morgan fingerprint density at radius 1 is 1.27 bits per heavy atom. The van der Waals surface area contributed by atoms with Crippen molar-refractivity contribution in [3.8, 4) is 0 Å². The summed E-state index contributed by atoms with van der Waals surface area (Å²) in [6, 6.07) is 4.94. The highest BCUT2D eigenvalue weighted by Crippen LogP contribution is 2.23. The second-order valence-electron chi connectivity index (χ2n) is 7.29. The summed E-state index contributed by atoms with van der Waals surface area (Å²) in [6.07, 6.45) is 0.723. The van der Waals surface area contributed by atoms with Crippen LogP contribution in [0.3, 0.4) is 0 Å². The molecule has 3 rings (SSSR count). The highest BCUT2D eigenvalue weighted by molar-refractivity contribution is 7.89. The Morgan fingerprint density at radius 3 is 2.60 bits per heavy atom. The number of hydrogen-bond acceptors (Lipinski definition) is 6. The summed E-state index contributed by atoms with van der Waals surface area (Å²) in [6.45, 7) is 6.69. The first kappa shape index (κ1) is 22.0. The van der Waals surface area contributed by atoms with Gasteiger partial charge >= 0.3 is 0 Å². The summed E-state index contributed by atoms with van der Waals surface area (Å²) in [7, 11) is -0.540. The number of imidazole rings is 1. The molecule has 0 aliphatic rings. The summed E-state index contributed by atoms with van der Waals surface area (Å²) in [5.74, 6) is 1.35. The van der Waals surface area contributed by atoms with Crippen LogP contribution in [0.2, 0.25) is 0 Å². The van der Waals surface area contributed by atoms with Gasteiger partial charge in [0, 0.05) is 45.6 Å². The molecule has 3 aromatic rings. The van der Waals surface area contributed by atoms with Gasteiger partial charge in [-0.15, -0.1) is 0 Å². The van der Waals surface area contributed by atoms with Crippen molar-refractivity contribution in [2.75, 3.05) is 14.1 Å². The van der Waals surface area contributed by atoms with Crippen LogP contribution < -0.4 is 5.32 Å². The summed E-state index contributed by atoms with van der Waals surface area (Å²) in [5.41, 5.74) is 3.11. The average Bonchev–Trinajstić information content (AvgIpc) is 3.22. The zero-order chi connectivity index (χ0) is 22.1. The third-order valence-corrected chi connectivity index (χ3v) is 6.92. The minimum atomic E-state index is -3.53. The Bertz CT molecular complexity index is 1160. The van der Waals surface area contributed by atoms with E-state index in [0.29, 0.717) is 30.8 Å². The molecule has 0 radical (unpaired) electrons. The zero-order valence-corrected chi connectivity index (χ0v) is 18.7. The third-order valence-electron chi connectivity index (χ3n) is 5.11. The molecule has 10 heteroatoms. The number of hydrogen-bond donors (Lipinski definition) is 1. The van der Waals surface area contributed by atoms with Gasteiger partial charge in [-0.2, -0.15) is 0 Å². The standard InChI is InChI=1S/C20H27N5O4S/c1-6-25-18-8-7-15(30(27,28)24(4)5)11-17(18)22-19(25)9-10-20(26)21-12-16-13(2)23-29-14(16)3/h7-8,11H,6,9-10,12H2,1-5H3,(H,21,26). The second-order valence-corrected chi connectivity index (χ2v) is 9.44. The number of aryl methyl sites for hydroxylation is 4.